The monoisotopic (exact) mass is 312 g/mol. The number of ether oxygens (including phenoxy) is 3. The fraction of sp³-hybridized carbons (Fsp3) is 0.533. The van der Waals surface area contributed by atoms with Crippen molar-refractivity contribution in [3.05, 3.63) is 17.5 Å². The Morgan fingerprint density at radius 2 is 1.91 bits per heavy atom. The van der Waals surface area contributed by atoms with Gasteiger partial charge in [-0.2, -0.15) is 0 Å². The minimum atomic E-state index is -0.651. The van der Waals surface area contributed by atoms with Gasteiger partial charge in [0.15, 0.2) is 11.3 Å². The minimum absolute atomic E-state index is 0.0428. The highest BCUT2D eigenvalue weighted by atomic mass is 16.6. The van der Waals surface area contributed by atoms with Crippen LogP contribution >= 0.6 is 0 Å². The highest BCUT2D eigenvalue weighted by Gasteiger charge is 2.31. The van der Waals surface area contributed by atoms with E-state index in [0.717, 1.165) is 12.8 Å². The van der Waals surface area contributed by atoms with Crippen molar-refractivity contribution in [2.75, 3.05) is 20.8 Å². The van der Waals surface area contributed by atoms with Gasteiger partial charge in [-0.05, 0) is 6.42 Å². The molecule has 1 aromatic rings. The predicted molar refractivity (Wildman–Crippen MR) is 76.9 cm³/mol. The summed E-state index contributed by atoms with van der Waals surface area (Å²) in [4.78, 5) is 28.5. The molecule has 0 unspecified atom stereocenters. The Kier molecular flexibility index (Phi) is 6.62. The number of methoxy groups -OCH3 is 1. The lowest BCUT2D eigenvalue weighted by Gasteiger charge is -2.13. The first-order chi connectivity index (χ1) is 10.5. The molecule has 0 saturated heterocycles. The van der Waals surface area contributed by atoms with Crippen LogP contribution in [0.1, 0.15) is 42.7 Å². The van der Waals surface area contributed by atoms with Crippen molar-refractivity contribution < 1.29 is 33.4 Å². The van der Waals surface area contributed by atoms with E-state index in [9.17, 15) is 9.59 Å². The van der Waals surface area contributed by atoms with E-state index in [0.29, 0.717) is 12.3 Å². The van der Waals surface area contributed by atoms with Crippen LogP contribution in [0.4, 0.5) is 0 Å². The average molecular weight is 312 g/mol. The molecular formula is C15H22NO6+. The Labute approximate surface area is 129 Å². The van der Waals surface area contributed by atoms with Crippen LogP contribution in [0.2, 0.25) is 0 Å². The van der Waals surface area contributed by atoms with E-state index in [4.69, 9.17) is 19.0 Å². The summed E-state index contributed by atoms with van der Waals surface area (Å²) in [6.45, 7) is 5.45. The quantitative estimate of drug-likeness (QED) is 0.428. The molecule has 0 fully saturated rings. The highest BCUT2D eigenvalue weighted by Crippen LogP contribution is 2.33. The molecule has 7 heteroatoms. The Bertz CT molecular complexity index is 555. The summed E-state index contributed by atoms with van der Waals surface area (Å²) in [5.74, 6) is -0.878. The van der Waals surface area contributed by atoms with Crippen molar-refractivity contribution >= 4 is 11.9 Å². The van der Waals surface area contributed by atoms with Gasteiger partial charge in [0.1, 0.15) is 7.11 Å². The van der Waals surface area contributed by atoms with Gasteiger partial charge in [-0.15, -0.1) is 0 Å². The Morgan fingerprint density at radius 3 is 2.41 bits per heavy atom. The fourth-order valence-corrected chi connectivity index (χ4v) is 1.84. The van der Waals surface area contributed by atoms with E-state index in [2.05, 4.69) is 0 Å². The first kappa shape index (κ1) is 17.7. The van der Waals surface area contributed by atoms with Gasteiger partial charge in [0.05, 0.1) is 13.7 Å². The summed E-state index contributed by atoms with van der Waals surface area (Å²) in [5.41, 5.74) is 0.624. The third kappa shape index (κ3) is 4.09. The highest BCUT2D eigenvalue weighted by molar-refractivity contribution is 5.94. The molecule has 0 atom stereocenters. The van der Waals surface area contributed by atoms with Crippen molar-refractivity contribution in [3.63, 3.8) is 0 Å². The van der Waals surface area contributed by atoms with Crippen LogP contribution in [0.5, 0.6) is 11.5 Å². The standard InChI is InChI=1S/C15H22NO6/c1-6-7-8-21-13-10(2)16(20-5)9-12(15(18)19-4)14(13)22-11(3)17/h9H,6-8H2,1-5H3/q+1. The average Bonchev–Trinajstić information content (AvgIpc) is 2.49. The van der Waals surface area contributed by atoms with Crippen molar-refractivity contribution in [3.8, 4) is 11.5 Å². The summed E-state index contributed by atoms with van der Waals surface area (Å²) in [5, 5.41) is 0. The molecule has 0 saturated carbocycles. The molecule has 7 nitrogen and oxygen atoms in total. The molecule has 1 rings (SSSR count). The minimum Gasteiger partial charge on any atom is -0.485 e. The predicted octanol–water partition coefficient (Wildman–Crippen LogP) is 1.23. The summed E-state index contributed by atoms with van der Waals surface area (Å²) >= 11 is 0. The van der Waals surface area contributed by atoms with Gasteiger partial charge in [-0.3, -0.25) is 9.63 Å². The number of hydrogen-bond acceptors (Lipinski definition) is 6. The number of esters is 2. The molecule has 0 radical (unpaired) electrons. The van der Waals surface area contributed by atoms with Gasteiger partial charge in [0, 0.05) is 18.6 Å². The number of carbonyl (C=O) groups excluding carboxylic acids is 2. The van der Waals surface area contributed by atoms with Crippen molar-refractivity contribution in [1.82, 2.24) is 0 Å². The number of rotatable bonds is 7. The molecule has 0 aliphatic heterocycles. The summed E-state index contributed by atoms with van der Waals surface area (Å²) in [7, 11) is 2.70. The molecule has 0 amide bonds. The van der Waals surface area contributed by atoms with Crippen LogP contribution in [0.15, 0.2) is 6.20 Å². The Morgan fingerprint density at radius 1 is 1.23 bits per heavy atom. The lowest BCUT2D eigenvalue weighted by molar-refractivity contribution is -0.889. The van der Waals surface area contributed by atoms with Crippen molar-refractivity contribution in [2.24, 2.45) is 0 Å². The zero-order valence-corrected chi connectivity index (χ0v) is 13.6. The largest absolute Gasteiger partial charge is 0.485 e. The zero-order chi connectivity index (χ0) is 16.7. The molecule has 22 heavy (non-hydrogen) atoms. The summed E-state index contributed by atoms with van der Waals surface area (Å²) < 4.78 is 17.0. The van der Waals surface area contributed by atoms with E-state index in [1.54, 1.807) is 6.92 Å². The first-order valence-electron chi connectivity index (χ1n) is 6.99. The number of carbonyl (C=O) groups is 2. The summed E-state index contributed by atoms with van der Waals surface area (Å²) in [6.07, 6.45) is 3.17. The lowest BCUT2D eigenvalue weighted by Crippen LogP contribution is -2.44. The second-order valence-corrected chi connectivity index (χ2v) is 4.58. The molecule has 122 valence electrons. The van der Waals surface area contributed by atoms with Gasteiger partial charge in [0.25, 0.3) is 5.69 Å². The summed E-state index contributed by atoms with van der Waals surface area (Å²) in [6, 6.07) is 0. The fourth-order valence-electron chi connectivity index (χ4n) is 1.84. The number of aromatic nitrogens is 1. The van der Waals surface area contributed by atoms with Crippen LogP contribution in [0, 0.1) is 6.92 Å². The van der Waals surface area contributed by atoms with Crippen molar-refractivity contribution in [2.45, 2.75) is 33.6 Å². The van der Waals surface area contributed by atoms with E-state index in [-0.39, 0.29) is 17.1 Å². The van der Waals surface area contributed by atoms with Gasteiger partial charge in [-0.1, -0.05) is 13.3 Å². The second-order valence-electron chi connectivity index (χ2n) is 4.58. The third-order valence-corrected chi connectivity index (χ3v) is 2.95. The Balaban J connectivity index is 3.44. The molecule has 1 heterocycles. The van der Waals surface area contributed by atoms with Crippen LogP contribution < -0.4 is 19.0 Å². The van der Waals surface area contributed by atoms with E-state index < -0.39 is 11.9 Å². The molecule has 0 aliphatic rings. The topological polar surface area (TPSA) is 74.9 Å². The van der Waals surface area contributed by atoms with E-state index in [1.165, 1.54) is 32.1 Å². The van der Waals surface area contributed by atoms with Crippen LogP contribution in [0.3, 0.4) is 0 Å². The number of unbranched alkanes of at least 4 members (excludes halogenated alkanes) is 1. The molecule has 0 aromatic carbocycles. The van der Waals surface area contributed by atoms with Gasteiger partial charge in [-0.25, -0.2) is 4.79 Å². The van der Waals surface area contributed by atoms with E-state index in [1.807, 2.05) is 6.92 Å². The smallest absolute Gasteiger partial charge is 0.348 e. The Hall–Kier alpha value is -2.31. The molecule has 0 bridgehead atoms. The van der Waals surface area contributed by atoms with E-state index >= 15 is 0 Å². The number of hydrogen-bond donors (Lipinski definition) is 0. The van der Waals surface area contributed by atoms with Crippen molar-refractivity contribution in [1.29, 1.82) is 0 Å². The maximum atomic E-state index is 11.9. The molecule has 1 aromatic heterocycles. The maximum absolute atomic E-state index is 11.9. The molecule has 0 N–H and O–H groups in total. The van der Waals surface area contributed by atoms with Gasteiger partial charge in [0.2, 0.25) is 11.9 Å². The molecular weight excluding hydrogens is 290 g/mol. The normalized spacial score (nSPS) is 10.0. The molecule has 0 aliphatic carbocycles. The first-order valence-corrected chi connectivity index (χ1v) is 6.99. The van der Waals surface area contributed by atoms with Crippen LogP contribution in [-0.2, 0) is 9.53 Å². The SMILES string of the molecule is CCCCOc1c(OC(C)=O)c(C(=O)OC)c[n+](OC)c1C. The second kappa shape index (κ2) is 8.21. The van der Waals surface area contributed by atoms with Crippen LogP contribution in [-0.4, -0.2) is 32.8 Å². The third-order valence-electron chi connectivity index (χ3n) is 2.95. The zero-order valence-electron chi connectivity index (χ0n) is 13.6. The number of pyridine rings is 1. The number of nitrogens with zero attached hydrogens (tertiary/aromatic N) is 1. The lowest BCUT2D eigenvalue weighted by atomic mass is 10.2. The molecule has 0 spiro atoms. The van der Waals surface area contributed by atoms with Gasteiger partial charge < -0.3 is 14.2 Å². The van der Waals surface area contributed by atoms with Gasteiger partial charge >= 0.3 is 11.9 Å². The maximum Gasteiger partial charge on any atom is 0.348 e. The van der Waals surface area contributed by atoms with Crippen LogP contribution in [0.25, 0.3) is 0 Å².